The van der Waals surface area contributed by atoms with Gasteiger partial charge < -0.3 is 5.73 Å². The Morgan fingerprint density at radius 3 is 2.06 bits per heavy atom. The Labute approximate surface area is 119 Å². The van der Waals surface area contributed by atoms with E-state index in [1.807, 2.05) is 12.1 Å². The van der Waals surface area contributed by atoms with E-state index < -0.39 is 0 Å². The highest BCUT2D eigenvalue weighted by Crippen LogP contribution is 2.28. The molecule has 2 rings (SSSR count). The summed E-state index contributed by atoms with van der Waals surface area (Å²) in [6.07, 6.45) is 5.16. The molecule has 1 heterocycles. The Kier molecular flexibility index (Phi) is 5.31. The van der Waals surface area contributed by atoms with Crippen LogP contribution in [0.15, 0.2) is 18.2 Å². The van der Waals surface area contributed by atoms with Crippen molar-refractivity contribution in [3.8, 4) is 0 Å². The van der Waals surface area contributed by atoms with E-state index in [4.69, 9.17) is 28.9 Å². The van der Waals surface area contributed by atoms with E-state index in [0.29, 0.717) is 16.6 Å². The van der Waals surface area contributed by atoms with Crippen molar-refractivity contribution in [3.05, 3.63) is 33.8 Å². The van der Waals surface area contributed by atoms with Crippen LogP contribution in [0.25, 0.3) is 0 Å². The molecule has 0 aromatic heterocycles. The first kappa shape index (κ1) is 14.1. The molecule has 0 saturated carbocycles. The molecule has 1 aromatic carbocycles. The molecule has 18 heavy (non-hydrogen) atoms. The van der Waals surface area contributed by atoms with Crippen LogP contribution in [0.2, 0.25) is 10.0 Å². The zero-order chi connectivity index (χ0) is 13.0. The minimum atomic E-state index is 0.235. The zero-order valence-corrected chi connectivity index (χ0v) is 12.1. The third-order valence-electron chi connectivity index (χ3n) is 3.57. The first-order valence-corrected chi connectivity index (χ1v) is 7.36. The molecule has 0 aliphatic carbocycles. The van der Waals surface area contributed by atoms with Gasteiger partial charge >= 0.3 is 0 Å². The zero-order valence-electron chi connectivity index (χ0n) is 10.5. The average molecular weight is 287 g/mol. The van der Waals surface area contributed by atoms with Gasteiger partial charge in [-0.15, -0.1) is 0 Å². The molecule has 1 atom stereocenters. The van der Waals surface area contributed by atoms with E-state index in [9.17, 15) is 0 Å². The van der Waals surface area contributed by atoms with Gasteiger partial charge in [0.1, 0.15) is 0 Å². The normalized spacial score (nSPS) is 19.5. The van der Waals surface area contributed by atoms with Gasteiger partial charge in [0.25, 0.3) is 0 Å². The molecule has 4 heteroatoms. The van der Waals surface area contributed by atoms with Crippen LogP contribution in [-0.2, 0) is 0 Å². The molecule has 1 saturated heterocycles. The van der Waals surface area contributed by atoms with Crippen molar-refractivity contribution in [2.75, 3.05) is 19.6 Å². The van der Waals surface area contributed by atoms with E-state index in [1.54, 1.807) is 6.07 Å². The number of likely N-dealkylation sites (tertiary alicyclic amines) is 1. The summed E-state index contributed by atoms with van der Waals surface area (Å²) < 4.78 is 0. The van der Waals surface area contributed by atoms with Crippen LogP contribution >= 0.6 is 23.2 Å². The Hall–Kier alpha value is -0.280. The van der Waals surface area contributed by atoms with E-state index in [-0.39, 0.29) is 6.04 Å². The van der Waals surface area contributed by atoms with Crippen LogP contribution in [-0.4, -0.2) is 24.5 Å². The summed E-state index contributed by atoms with van der Waals surface area (Å²) in [4.78, 5) is 2.47. The topological polar surface area (TPSA) is 29.3 Å². The second-order valence-electron chi connectivity index (χ2n) is 4.90. The van der Waals surface area contributed by atoms with Crippen molar-refractivity contribution < 1.29 is 0 Å². The Morgan fingerprint density at radius 1 is 1.00 bits per heavy atom. The van der Waals surface area contributed by atoms with Crippen LogP contribution in [0.5, 0.6) is 0 Å². The fourth-order valence-electron chi connectivity index (χ4n) is 2.67. The monoisotopic (exact) mass is 286 g/mol. The van der Waals surface area contributed by atoms with Crippen molar-refractivity contribution >= 4 is 23.2 Å². The lowest BCUT2D eigenvalue weighted by atomic mass is 10.0. The van der Waals surface area contributed by atoms with E-state index in [2.05, 4.69) is 4.90 Å². The molecule has 1 fully saturated rings. The smallest absolute Gasteiger partial charge is 0.0471 e. The number of hydrogen-bond acceptors (Lipinski definition) is 2. The second-order valence-corrected chi connectivity index (χ2v) is 5.78. The first-order chi connectivity index (χ1) is 8.70. The number of rotatable bonds is 3. The Bertz CT molecular complexity index is 367. The minimum Gasteiger partial charge on any atom is -0.329 e. The van der Waals surface area contributed by atoms with Gasteiger partial charge in [0.15, 0.2) is 0 Å². The highest BCUT2D eigenvalue weighted by molar-refractivity contribution is 6.34. The molecule has 0 amide bonds. The summed E-state index contributed by atoms with van der Waals surface area (Å²) in [7, 11) is 0. The summed E-state index contributed by atoms with van der Waals surface area (Å²) in [5.74, 6) is 0. The van der Waals surface area contributed by atoms with Crippen LogP contribution in [0.4, 0.5) is 0 Å². The maximum Gasteiger partial charge on any atom is 0.0471 e. The molecule has 1 aliphatic heterocycles. The van der Waals surface area contributed by atoms with Crippen molar-refractivity contribution in [2.24, 2.45) is 5.73 Å². The van der Waals surface area contributed by atoms with Crippen molar-refractivity contribution in [2.45, 2.75) is 31.7 Å². The Morgan fingerprint density at radius 2 is 1.56 bits per heavy atom. The number of benzene rings is 1. The third-order valence-corrected chi connectivity index (χ3v) is 4.01. The van der Waals surface area contributed by atoms with Gasteiger partial charge in [-0.3, -0.25) is 4.90 Å². The molecule has 1 aliphatic rings. The van der Waals surface area contributed by atoms with Crippen molar-refractivity contribution in [1.29, 1.82) is 0 Å². The molecule has 0 spiro atoms. The van der Waals surface area contributed by atoms with Gasteiger partial charge in [-0.1, -0.05) is 36.0 Å². The van der Waals surface area contributed by atoms with Gasteiger partial charge in [0.2, 0.25) is 0 Å². The molecule has 2 nitrogen and oxygen atoms in total. The largest absolute Gasteiger partial charge is 0.329 e. The quantitative estimate of drug-likeness (QED) is 0.914. The predicted octanol–water partition coefficient (Wildman–Crippen LogP) is 3.87. The van der Waals surface area contributed by atoms with E-state index in [0.717, 1.165) is 18.7 Å². The van der Waals surface area contributed by atoms with Crippen molar-refractivity contribution in [1.82, 2.24) is 4.90 Å². The third kappa shape index (κ3) is 3.61. The molecule has 1 unspecified atom stereocenters. The van der Waals surface area contributed by atoms with Crippen LogP contribution in [0.3, 0.4) is 0 Å². The van der Waals surface area contributed by atoms with Crippen LogP contribution in [0.1, 0.15) is 37.3 Å². The second kappa shape index (κ2) is 6.76. The molecular weight excluding hydrogens is 267 g/mol. The molecular formula is C14H20Cl2N2. The van der Waals surface area contributed by atoms with Gasteiger partial charge in [0, 0.05) is 22.6 Å². The Balaban J connectivity index is 2.20. The van der Waals surface area contributed by atoms with E-state index >= 15 is 0 Å². The van der Waals surface area contributed by atoms with Crippen LogP contribution in [0, 0.1) is 0 Å². The highest BCUT2D eigenvalue weighted by Gasteiger charge is 2.20. The first-order valence-electron chi connectivity index (χ1n) is 6.61. The number of halogens is 2. The van der Waals surface area contributed by atoms with Gasteiger partial charge in [-0.2, -0.15) is 0 Å². The fraction of sp³-hybridized carbons (Fsp3) is 0.571. The van der Waals surface area contributed by atoms with Gasteiger partial charge in [-0.05, 0) is 49.7 Å². The summed E-state index contributed by atoms with van der Waals surface area (Å²) in [6, 6.07) is 5.97. The summed E-state index contributed by atoms with van der Waals surface area (Å²) in [5, 5.41) is 1.37. The number of nitrogens with zero attached hydrogens (tertiary/aromatic N) is 1. The lowest BCUT2D eigenvalue weighted by Crippen LogP contribution is -2.34. The average Bonchev–Trinajstić information content (AvgIpc) is 2.58. The van der Waals surface area contributed by atoms with E-state index in [1.165, 1.54) is 25.7 Å². The molecule has 0 radical (unpaired) electrons. The lowest BCUT2D eigenvalue weighted by molar-refractivity contribution is 0.210. The summed E-state index contributed by atoms with van der Waals surface area (Å²) in [6.45, 7) is 2.84. The highest BCUT2D eigenvalue weighted by atomic mass is 35.5. The van der Waals surface area contributed by atoms with Crippen LogP contribution < -0.4 is 5.73 Å². The number of nitrogens with two attached hydrogens (primary N) is 1. The van der Waals surface area contributed by atoms with Gasteiger partial charge in [-0.25, -0.2) is 0 Å². The minimum absolute atomic E-state index is 0.235. The maximum absolute atomic E-state index is 6.08. The molecule has 2 N–H and O–H groups in total. The predicted molar refractivity (Wildman–Crippen MR) is 78.3 cm³/mol. The van der Waals surface area contributed by atoms with Gasteiger partial charge in [0.05, 0.1) is 0 Å². The van der Waals surface area contributed by atoms with Crippen molar-refractivity contribution in [3.63, 3.8) is 0 Å². The maximum atomic E-state index is 6.08. The molecule has 0 bridgehead atoms. The summed E-state index contributed by atoms with van der Waals surface area (Å²) >= 11 is 12.2. The lowest BCUT2D eigenvalue weighted by Gasteiger charge is -2.30. The number of hydrogen-bond donors (Lipinski definition) is 1. The molecule has 100 valence electrons. The SMILES string of the molecule is NCC(c1cc(Cl)cc(Cl)c1)N1CCCCCC1. The summed E-state index contributed by atoms with van der Waals surface area (Å²) in [5.41, 5.74) is 7.09. The standard InChI is InChI=1S/C14H20Cl2N2/c15-12-7-11(8-13(16)9-12)14(10-17)18-5-3-1-2-4-6-18/h7-9,14H,1-6,10,17H2. The molecule has 1 aromatic rings. The fourth-order valence-corrected chi connectivity index (χ4v) is 3.21.